The predicted octanol–water partition coefficient (Wildman–Crippen LogP) is 3.70. The Kier molecular flexibility index (Phi) is 6.70. The van der Waals surface area contributed by atoms with E-state index in [9.17, 15) is 13.2 Å². The summed E-state index contributed by atoms with van der Waals surface area (Å²) in [6, 6.07) is 30.1. The summed E-state index contributed by atoms with van der Waals surface area (Å²) >= 11 is 0. The Hall–Kier alpha value is -4.87. The molecule has 3 aromatic carbocycles. The molecule has 0 fully saturated rings. The van der Waals surface area contributed by atoms with Crippen molar-refractivity contribution in [2.45, 2.75) is 4.90 Å². The fourth-order valence-electron chi connectivity index (χ4n) is 3.45. The van der Waals surface area contributed by atoms with E-state index >= 15 is 0 Å². The van der Waals surface area contributed by atoms with E-state index in [0.717, 1.165) is 11.3 Å². The molecule has 0 aliphatic carbocycles. The zero-order valence-corrected chi connectivity index (χ0v) is 20.1. The zero-order valence-electron chi connectivity index (χ0n) is 19.3. The van der Waals surface area contributed by atoms with Gasteiger partial charge in [0.25, 0.3) is 15.9 Å². The van der Waals surface area contributed by atoms with Crippen LogP contribution in [0.1, 0.15) is 10.4 Å². The van der Waals surface area contributed by atoms with Crippen molar-refractivity contribution < 1.29 is 13.2 Å². The molecule has 0 aliphatic rings. The van der Waals surface area contributed by atoms with Crippen molar-refractivity contribution in [1.82, 2.24) is 30.0 Å². The molecule has 2 heterocycles. The van der Waals surface area contributed by atoms with Gasteiger partial charge in [0.05, 0.1) is 16.1 Å². The van der Waals surface area contributed by atoms with E-state index in [4.69, 9.17) is 0 Å². The highest BCUT2D eigenvalue weighted by molar-refractivity contribution is 7.89. The number of hydrazine groups is 1. The van der Waals surface area contributed by atoms with Crippen LogP contribution in [0.2, 0.25) is 0 Å². The van der Waals surface area contributed by atoms with E-state index in [-0.39, 0.29) is 10.5 Å². The highest BCUT2D eigenvalue weighted by Crippen LogP contribution is 2.23. The van der Waals surface area contributed by atoms with Crippen LogP contribution in [0.4, 0.5) is 11.8 Å². The summed E-state index contributed by atoms with van der Waals surface area (Å²) in [6.45, 7) is 0. The third kappa shape index (κ3) is 5.53. The molecule has 10 nitrogen and oxygen atoms in total. The van der Waals surface area contributed by atoms with E-state index < -0.39 is 15.9 Å². The van der Waals surface area contributed by atoms with Gasteiger partial charge in [-0.15, -0.1) is 9.93 Å². The van der Waals surface area contributed by atoms with Crippen LogP contribution in [0.25, 0.3) is 17.1 Å². The molecular weight excluding hydrogens is 490 g/mol. The number of aromatic nitrogens is 4. The van der Waals surface area contributed by atoms with Gasteiger partial charge in [-0.3, -0.25) is 10.2 Å². The number of carbonyl (C=O) groups excluding carboxylic acids is 1. The summed E-state index contributed by atoms with van der Waals surface area (Å²) in [5, 5.41) is 7.64. The van der Waals surface area contributed by atoms with Gasteiger partial charge in [0.2, 0.25) is 5.95 Å². The molecule has 0 saturated carbocycles. The molecule has 0 radical (unpaired) electrons. The van der Waals surface area contributed by atoms with E-state index in [0.29, 0.717) is 17.6 Å². The number of amides is 1. The van der Waals surface area contributed by atoms with Crippen molar-refractivity contribution in [3.05, 3.63) is 115 Å². The molecule has 3 N–H and O–H groups in total. The number of benzene rings is 3. The van der Waals surface area contributed by atoms with Crippen molar-refractivity contribution in [1.29, 1.82) is 0 Å². The summed E-state index contributed by atoms with van der Waals surface area (Å²) in [5.74, 6) is 0.724. The third-order valence-corrected chi connectivity index (χ3v) is 6.52. The second kappa shape index (κ2) is 10.4. The summed E-state index contributed by atoms with van der Waals surface area (Å²) in [5.41, 5.74) is 4.09. The molecule has 0 atom stereocenters. The van der Waals surface area contributed by atoms with Gasteiger partial charge in [0, 0.05) is 11.8 Å². The normalized spacial score (nSPS) is 11.1. The second-order valence-corrected chi connectivity index (χ2v) is 9.48. The molecule has 11 heteroatoms. The van der Waals surface area contributed by atoms with Gasteiger partial charge in [-0.1, -0.05) is 66.7 Å². The summed E-state index contributed by atoms with van der Waals surface area (Å²) < 4.78 is 26.3. The Bertz CT molecular complexity index is 1550. The van der Waals surface area contributed by atoms with Crippen LogP contribution in [0.3, 0.4) is 0 Å². The number of hydrogen-bond donors (Lipinski definition) is 3. The van der Waals surface area contributed by atoms with Crippen LogP contribution in [0, 0.1) is 0 Å². The minimum atomic E-state index is -3.89. The van der Waals surface area contributed by atoms with Gasteiger partial charge < -0.3 is 5.32 Å². The van der Waals surface area contributed by atoms with Crippen molar-refractivity contribution >= 4 is 27.7 Å². The van der Waals surface area contributed by atoms with E-state index in [1.54, 1.807) is 28.9 Å². The Labute approximate surface area is 213 Å². The van der Waals surface area contributed by atoms with Crippen LogP contribution < -0.4 is 15.6 Å². The predicted molar refractivity (Wildman–Crippen MR) is 139 cm³/mol. The van der Waals surface area contributed by atoms with Gasteiger partial charge in [-0.2, -0.15) is 4.98 Å². The minimum absolute atomic E-state index is 0.0327. The first-order chi connectivity index (χ1) is 18.0. The van der Waals surface area contributed by atoms with Crippen LogP contribution in [-0.2, 0) is 10.0 Å². The number of pyridine rings is 1. The minimum Gasteiger partial charge on any atom is -0.307 e. The van der Waals surface area contributed by atoms with E-state index in [1.165, 1.54) is 24.4 Å². The Balaban J connectivity index is 1.31. The van der Waals surface area contributed by atoms with Crippen LogP contribution in [0.15, 0.2) is 114 Å². The molecule has 2 aromatic heterocycles. The lowest BCUT2D eigenvalue weighted by Crippen LogP contribution is -2.41. The molecule has 5 rings (SSSR count). The summed E-state index contributed by atoms with van der Waals surface area (Å²) in [6.07, 6.45) is 1.32. The maximum absolute atomic E-state index is 12.4. The molecular formula is C26H21N7O3S. The average molecular weight is 512 g/mol. The number of hydrogen-bond acceptors (Lipinski definition) is 7. The third-order valence-electron chi connectivity index (χ3n) is 5.26. The fourth-order valence-corrected chi connectivity index (χ4v) is 4.31. The first kappa shape index (κ1) is 23.9. The molecule has 0 spiro atoms. The standard InChI is InChI=1S/C26H21N7O3S/c34-25(30-32-37(35,36)22-14-8-3-9-15-22)20-16-17-23(27-18-20)28-26-29-24(19-10-4-1-5-11-19)33(31-26)21-12-6-2-7-13-21/h1-18,32H,(H,30,34)(H,27,28,31). The fraction of sp³-hybridized carbons (Fsp3) is 0. The van der Waals surface area contributed by atoms with Crippen molar-refractivity contribution in [3.63, 3.8) is 0 Å². The average Bonchev–Trinajstić information content (AvgIpc) is 3.37. The maximum atomic E-state index is 12.4. The first-order valence-electron chi connectivity index (χ1n) is 11.2. The van der Waals surface area contributed by atoms with Crippen LogP contribution in [0.5, 0.6) is 0 Å². The molecule has 0 bridgehead atoms. The number of sulfonamides is 1. The van der Waals surface area contributed by atoms with Crippen molar-refractivity contribution in [2.24, 2.45) is 0 Å². The van der Waals surface area contributed by atoms with Gasteiger partial charge in [0.1, 0.15) is 5.82 Å². The monoisotopic (exact) mass is 511 g/mol. The SMILES string of the molecule is O=C(NNS(=O)(=O)c1ccccc1)c1ccc(Nc2nc(-c3ccccc3)n(-c3ccccc3)n2)nc1. The molecule has 1 amide bonds. The Morgan fingerprint density at radius 2 is 1.43 bits per heavy atom. The molecule has 0 unspecified atom stereocenters. The molecule has 0 aliphatic heterocycles. The van der Waals surface area contributed by atoms with Crippen LogP contribution in [-0.4, -0.2) is 34.1 Å². The maximum Gasteiger partial charge on any atom is 0.267 e. The molecule has 0 saturated heterocycles. The van der Waals surface area contributed by atoms with Crippen molar-refractivity contribution in [3.8, 4) is 17.1 Å². The quantitative estimate of drug-likeness (QED) is 0.271. The number of carbonyl (C=O) groups is 1. The number of rotatable bonds is 8. The van der Waals surface area contributed by atoms with Gasteiger partial charge in [-0.05, 0) is 36.4 Å². The van der Waals surface area contributed by atoms with Gasteiger partial charge in [0.15, 0.2) is 5.82 Å². The van der Waals surface area contributed by atoms with E-state index in [1.807, 2.05) is 60.7 Å². The largest absolute Gasteiger partial charge is 0.307 e. The van der Waals surface area contributed by atoms with Gasteiger partial charge >= 0.3 is 0 Å². The summed E-state index contributed by atoms with van der Waals surface area (Å²) in [4.78, 5) is 23.4. The van der Waals surface area contributed by atoms with Crippen molar-refractivity contribution in [2.75, 3.05) is 5.32 Å². The number of para-hydroxylation sites is 1. The highest BCUT2D eigenvalue weighted by atomic mass is 32.2. The molecule has 184 valence electrons. The molecule has 5 aromatic rings. The van der Waals surface area contributed by atoms with Gasteiger partial charge in [-0.25, -0.2) is 18.1 Å². The number of anilines is 2. The molecule has 37 heavy (non-hydrogen) atoms. The lowest BCUT2D eigenvalue weighted by Gasteiger charge is -2.08. The van der Waals surface area contributed by atoms with E-state index in [2.05, 4.69) is 30.6 Å². The lowest BCUT2D eigenvalue weighted by molar-refractivity contribution is 0.0945. The summed E-state index contributed by atoms with van der Waals surface area (Å²) in [7, 11) is -3.89. The zero-order chi connectivity index (χ0) is 25.7. The van der Waals surface area contributed by atoms with Crippen LogP contribution >= 0.6 is 0 Å². The Morgan fingerprint density at radius 1 is 0.784 bits per heavy atom. The lowest BCUT2D eigenvalue weighted by atomic mass is 10.2. The highest BCUT2D eigenvalue weighted by Gasteiger charge is 2.16. The smallest absolute Gasteiger partial charge is 0.267 e. The topological polar surface area (TPSA) is 131 Å². The Morgan fingerprint density at radius 3 is 2.08 bits per heavy atom. The second-order valence-electron chi connectivity index (χ2n) is 7.80. The first-order valence-corrected chi connectivity index (χ1v) is 12.7. The number of nitrogens with one attached hydrogen (secondary N) is 3. The number of nitrogens with zero attached hydrogens (tertiary/aromatic N) is 4.